The molecule has 0 amide bonds. The molecule has 1 aromatic carbocycles. The lowest BCUT2D eigenvalue weighted by atomic mass is 9.69. The van der Waals surface area contributed by atoms with Gasteiger partial charge < -0.3 is 14.8 Å². The largest absolute Gasteiger partial charge is 0.468 e. The Morgan fingerprint density at radius 1 is 1.30 bits per heavy atom. The third kappa shape index (κ3) is 4.08. The Morgan fingerprint density at radius 3 is 2.67 bits per heavy atom. The van der Waals surface area contributed by atoms with Crippen molar-refractivity contribution in [3.63, 3.8) is 0 Å². The van der Waals surface area contributed by atoms with Crippen molar-refractivity contribution in [3.05, 3.63) is 56.8 Å². The first-order chi connectivity index (χ1) is 14.3. The van der Waals surface area contributed by atoms with Crippen molar-refractivity contribution in [2.24, 2.45) is 11.8 Å². The first-order valence-electron chi connectivity index (χ1n) is 10.1. The van der Waals surface area contributed by atoms with E-state index >= 15 is 0 Å². The highest BCUT2D eigenvalue weighted by Gasteiger charge is 2.47. The van der Waals surface area contributed by atoms with Crippen LogP contribution in [0.2, 0.25) is 0 Å². The summed E-state index contributed by atoms with van der Waals surface area (Å²) in [7, 11) is 1.29. The number of methoxy groups -OCH3 is 1. The SMILES string of the molecule is CCCOC(=O)C1=C(C)NC2=C(C(=O)[C@H](C(=O)OC)[C@@H](C)C2)[C@H]1c1cccc(Br)c1. The third-order valence-electron chi connectivity index (χ3n) is 5.58. The minimum atomic E-state index is -0.892. The van der Waals surface area contributed by atoms with E-state index in [-0.39, 0.29) is 11.7 Å². The second kappa shape index (κ2) is 9.16. The molecule has 0 fully saturated rings. The fraction of sp³-hybridized carbons (Fsp3) is 0.435. The van der Waals surface area contributed by atoms with Crippen molar-refractivity contribution in [3.8, 4) is 0 Å². The van der Waals surface area contributed by atoms with E-state index in [2.05, 4.69) is 21.2 Å². The number of benzene rings is 1. The predicted octanol–water partition coefficient (Wildman–Crippen LogP) is 4.02. The molecule has 0 radical (unpaired) electrons. The zero-order chi connectivity index (χ0) is 22.0. The summed E-state index contributed by atoms with van der Waals surface area (Å²) in [6.07, 6.45) is 1.21. The molecule has 0 spiro atoms. The van der Waals surface area contributed by atoms with Crippen molar-refractivity contribution in [1.82, 2.24) is 5.32 Å². The molecule has 160 valence electrons. The van der Waals surface area contributed by atoms with Crippen LogP contribution in [0.25, 0.3) is 0 Å². The summed E-state index contributed by atoms with van der Waals surface area (Å²) in [5.41, 5.74) is 3.04. The summed E-state index contributed by atoms with van der Waals surface area (Å²) in [5.74, 6) is -3.03. The van der Waals surface area contributed by atoms with Gasteiger partial charge in [0.25, 0.3) is 0 Å². The summed E-state index contributed by atoms with van der Waals surface area (Å²) in [5, 5.41) is 3.25. The van der Waals surface area contributed by atoms with Gasteiger partial charge in [-0.25, -0.2) is 4.79 Å². The molecule has 3 rings (SSSR count). The van der Waals surface area contributed by atoms with Crippen molar-refractivity contribution < 1.29 is 23.9 Å². The first-order valence-corrected chi connectivity index (χ1v) is 10.8. The zero-order valence-corrected chi connectivity index (χ0v) is 19.2. The van der Waals surface area contributed by atoms with Crippen LogP contribution in [-0.2, 0) is 23.9 Å². The van der Waals surface area contributed by atoms with Gasteiger partial charge in [0.15, 0.2) is 5.78 Å². The van der Waals surface area contributed by atoms with E-state index < -0.39 is 23.8 Å². The molecule has 1 heterocycles. The topological polar surface area (TPSA) is 81.7 Å². The van der Waals surface area contributed by atoms with Gasteiger partial charge in [0.2, 0.25) is 0 Å². The Kier molecular flexibility index (Phi) is 6.81. The monoisotopic (exact) mass is 475 g/mol. The molecule has 1 N–H and O–H groups in total. The van der Waals surface area contributed by atoms with Crippen LogP contribution in [0.4, 0.5) is 0 Å². The number of Topliss-reactive ketones (excluding diaryl/α,β-unsaturated/α-hetero) is 1. The molecule has 7 heteroatoms. The highest BCUT2D eigenvalue weighted by Crippen LogP contribution is 2.45. The molecule has 0 saturated heterocycles. The summed E-state index contributed by atoms with van der Waals surface area (Å²) in [4.78, 5) is 38.9. The van der Waals surface area contributed by atoms with Crippen LogP contribution in [0.5, 0.6) is 0 Å². The summed E-state index contributed by atoms with van der Waals surface area (Å²) >= 11 is 3.48. The predicted molar refractivity (Wildman–Crippen MR) is 115 cm³/mol. The van der Waals surface area contributed by atoms with E-state index in [4.69, 9.17) is 9.47 Å². The highest BCUT2D eigenvalue weighted by atomic mass is 79.9. The number of rotatable bonds is 5. The number of ketones is 1. The number of ether oxygens (including phenoxy) is 2. The quantitative estimate of drug-likeness (QED) is 0.511. The molecule has 1 aliphatic heterocycles. The highest BCUT2D eigenvalue weighted by molar-refractivity contribution is 9.10. The Bertz CT molecular complexity index is 949. The Labute approximate surface area is 184 Å². The van der Waals surface area contributed by atoms with E-state index in [1.54, 1.807) is 0 Å². The van der Waals surface area contributed by atoms with Crippen molar-refractivity contribution in [2.75, 3.05) is 13.7 Å². The average molecular weight is 476 g/mol. The molecule has 0 aromatic heterocycles. The normalized spacial score (nSPS) is 23.6. The summed E-state index contributed by atoms with van der Waals surface area (Å²) in [6.45, 7) is 5.90. The van der Waals surface area contributed by atoms with Gasteiger partial charge in [0.05, 0.1) is 19.3 Å². The standard InChI is InChI=1S/C23H26BrNO5/c1-5-9-30-23(28)18-13(3)25-16-10-12(2)17(22(27)29-4)21(26)20(16)19(18)14-7-6-8-15(24)11-14/h6-8,11-12,17,19,25H,5,9-10H2,1-4H3/t12-,17+,19-/m0/s1. The number of nitrogens with one attached hydrogen (secondary N) is 1. The number of dihydropyridines is 1. The molecule has 0 bridgehead atoms. The zero-order valence-electron chi connectivity index (χ0n) is 17.6. The van der Waals surface area contributed by atoms with Crippen LogP contribution in [0.15, 0.2) is 51.3 Å². The number of halogens is 1. The van der Waals surface area contributed by atoms with Gasteiger partial charge in [0, 0.05) is 27.4 Å². The Hall–Kier alpha value is -2.41. The van der Waals surface area contributed by atoms with Gasteiger partial charge in [-0.05, 0) is 43.4 Å². The Balaban J connectivity index is 2.16. The van der Waals surface area contributed by atoms with E-state index in [0.29, 0.717) is 36.3 Å². The first kappa shape index (κ1) is 22.3. The third-order valence-corrected chi connectivity index (χ3v) is 6.08. The van der Waals surface area contributed by atoms with E-state index in [1.165, 1.54) is 7.11 Å². The average Bonchev–Trinajstić information content (AvgIpc) is 2.70. The fourth-order valence-electron chi connectivity index (χ4n) is 4.24. The van der Waals surface area contributed by atoms with Crippen LogP contribution < -0.4 is 5.32 Å². The number of hydrogen-bond acceptors (Lipinski definition) is 6. The van der Waals surface area contributed by atoms with Gasteiger partial charge in [-0.2, -0.15) is 0 Å². The molecular formula is C23H26BrNO5. The number of esters is 2. The maximum absolute atomic E-state index is 13.5. The lowest BCUT2D eigenvalue weighted by Gasteiger charge is -2.38. The van der Waals surface area contributed by atoms with E-state index in [1.807, 2.05) is 45.0 Å². The molecule has 3 atom stereocenters. The second-order valence-corrected chi connectivity index (χ2v) is 8.64. The fourth-order valence-corrected chi connectivity index (χ4v) is 4.66. The van der Waals surface area contributed by atoms with Crippen LogP contribution in [0, 0.1) is 11.8 Å². The molecule has 1 aliphatic carbocycles. The molecule has 2 aliphatic rings. The maximum Gasteiger partial charge on any atom is 0.336 e. The van der Waals surface area contributed by atoms with Crippen molar-refractivity contribution in [2.45, 2.75) is 39.5 Å². The summed E-state index contributed by atoms with van der Waals surface area (Å²) < 4.78 is 11.2. The van der Waals surface area contributed by atoms with Crippen molar-refractivity contribution >= 4 is 33.7 Å². The van der Waals surface area contributed by atoms with Crippen LogP contribution in [0.1, 0.15) is 45.1 Å². The molecule has 0 unspecified atom stereocenters. The summed E-state index contributed by atoms with van der Waals surface area (Å²) in [6, 6.07) is 7.51. The van der Waals surface area contributed by atoms with E-state index in [0.717, 1.165) is 15.7 Å². The van der Waals surface area contributed by atoms with Crippen molar-refractivity contribution in [1.29, 1.82) is 0 Å². The van der Waals surface area contributed by atoms with Gasteiger partial charge in [0.1, 0.15) is 5.92 Å². The smallest absolute Gasteiger partial charge is 0.336 e. The van der Waals surface area contributed by atoms with Gasteiger partial charge >= 0.3 is 11.9 Å². The molecule has 6 nitrogen and oxygen atoms in total. The van der Waals surface area contributed by atoms with Crippen LogP contribution in [-0.4, -0.2) is 31.4 Å². The number of allylic oxidation sites excluding steroid dienone is 3. The Morgan fingerprint density at radius 2 is 2.03 bits per heavy atom. The number of carbonyl (C=O) groups is 3. The maximum atomic E-state index is 13.5. The van der Waals surface area contributed by atoms with Crippen LogP contribution >= 0.6 is 15.9 Å². The van der Waals surface area contributed by atoms with E-state index in [9.17, 15) is 14.4 Å². The lowest BCUT2D eigenvalue weighted by Crippen LogP contribution is -2.43. The van der Waals surface area contributed by atoms with Gasteiger partial charge in [-0.15, -0.1) is 0 Å². The van der Waals surface area contributed by atoms with Gasteiger partial charge in [-0.1, -0.05) is 41.9 Å². The molecular weight excluding hydrogens is 450 g/mol. The lowest BCUT2D eigenvalue weighted by molar-refractivity contribution is -0.151. The minimum Gasteiger partial charge on any atom is -0.468 e. The van der Waals surface area contributed by atoms with Crippen LogP contribution in [0.3, 0.4) is 0 Å². The van der Waals surface area contributed by atoms with Gasteiger partial charge in [-0.3, -0.25) is 9.59 Å². The molecule has 1 aromatic rings. The second-order valence-electron chi connectivity index (χ2n) is 7.73. The number of carbonyl (C=O) groups excluding carboxylic acids is 3. The minimum absolute atomic E-state index is 0.208. The molecule has 30 heavy (non-hydrogen) atoms. The molecule has 0 saturated carbocycles. The number of hydrogen-bond donors (Lipinski definition) is 1.